The first-order valence-corrected chi connectivity index (χ1v) is 12.8. The van der Waals surface area contributed by atoms with Crippen molar-refractivity contribution in [1.29, 1.82) is 0 Å². The molecule has 2 fully saturated rings. The highest BCUT2D eigenvalue weighted by molar-refractivity contribution is 7.92. The maximum atomic E-state index is 13.2. The number of para-hydroxylation sites is 1. The van der Waals surface area contributed by atoms with Crippen LogP contribution in [0.4, 0.5) is 5.69 Å². The van der Waals surface area contributed by atoms with Crippen LogP contribution in [0.3, 0.4) is 0 Å². The number of amides is 1. The van der Waals surface area contributed by atoms with Gasteiger partial charge in [-0.3, -0.25) is 14.4 Å². The van der Waals surface area contributed by atoms with Crippen molar-refractivity contribution in [1.82, 2.24) is 9.80 Å². The maximum absolute atomic E-state index is 13.2. The van der Waals surface area contributed by atoms with Crippen LogP contribution in [0, 0.1) is 0 Å². The van der Waals surface area contributed by atoms with Crippen molar-refractivity contribution < 1.29 is 13.2 Å². The van der Waals surface area contributed by atoms with Crippen molar-refractivity contribution in [3.05, 3.63) is 84.4 Å². The summed E-state index contributed by atoms with van der Waals surface area (Å²) in [6.07, 6.45) is 2.29. The normalized spacial score (nSPS) is 18.7. The molecule has 0 spiro atoms. The molecule has 0 bridgehead atoms. The highest BCUT2D eigenvalue weighted by atomic mass is 32.2. The zero-order valence-corrected chi connectivity index (χ0v) is 19.2. The Labute approximate surface area is 194 Å². The minimum Gasteiger partial charge on any atom is -0.336 e. The Kier molecular flexibility index (Phi) is 5.91. The quantitative estimate of drug-likeness (QED) is 0.622. The smallest absolute Gasteiger partial charge is 0.261 e. The third kappa shape index (κ3) is 4.51. The van der Waals surface area contributed by atoms with E-state index in [2.05, 4.69) is 9.62 Å². The van der Waals surface area contributed by atoms with E-state index in [0.29, 0.717) is 30.4 Å². The number of benzene rings is 3. The lowest BCUT2D eigenvalue weighted by Gasteiger charge is -2.37. The Hall–Kier alpha value is -3.16. The molecule has 2 saturated heterocycles. The van der Waals surface area contributed by atoms with Crippen LogP contribution in [0.1, 0.15) is 23.2 Å². The van der Waals surface area contributed by atoms with E-state index in [1.807, 2.05) is 47.4 Å². The number of sulfonamides is 1. The van der Waals surface area contributed by atoms with Gasteiger partial charge in [-0.25, -0.2) is 8.42 Å². The van der Waals surface area contributed by atoms with Crippen molar-refractivity contribution >= 4 is 21.6 Å². The summed E-state index contributed by atoms with van der Waals surface area (Å²) in [5.74, 6) is -0.108. The summed E-state index contributed by atoms with van der Waals surface area (Å²) in [7, 11) is -3.87. The maximum Gasteiger partial charge on any atom is 0.261 e. The molecular formula is C26H27N3O3S. The van der Waals surface area contributed by atoms with Gasteiger partial charge in [0, 0.05) is 36.8 Å². The number of piperazine rings is 1. The van der Waals surface area contributed by atoms with Crippen LogP contribution < -0.4 is 4.72 Å². The lowest BCUT2D eigenvalue weighted by molar-refractivity contribution is 0.0571. The third-order valence-corrected chi connectivity index (χ3v) is 7.89. The summed E-state index contributed by atoms with van der Waals surface area (Å²) >= 11 is 0. The van der Waals surface area contributed by atoms with Crippen molar-refractivity contribution in [3.63, 3.8) is 0 Å². The van der Waals surface area contributed by atoms with Gasteiger partial charge in [-0.15, -0.1) is 0 Å². The van der Waals surface area contributed by atoms with Crippen LogP contribution in [0.2, 0.25) is 0 Å². The zero-order valence-electron chi connectivity index (χ0n) is 18.4. The molecule has 0 unspecified atom stereocenters. The van der Waals surface area contributed by atoms with Crippen LogP contribution in [-0.2, 0) is 10.0 Å². The predicted molar refractivity (Wildman–Crippen MR) is 130 cm³/mol. The number of nitrogens with zero attached hydrogens (tertiary/aromatic N) is 2. The molecule has 0 aromatic heterocycles. The minimum atomic E-state index is -3.87. The molecule has 3 aromatic rings. The van der Waals surface area contributed by atoms with Crippen LogP contribution in [0.5, 0.6) is 0 Å². The van der Waals surface area contributed by atoms with Gasteiger partial charge in [0.15, 0.2) is 0 Å². The highest BCUT2D eigenvalue weighted by Gasteiger charge is 2.33. The average molecular weight is 462 g/mol. The van der Waals surface area contributed by atoms with Crippen LogP contribution >= 0.6 is 0 Å². The first kappa shape index (κ1) is 21.7. The van der Waals surface area contributed by atoms with Crippen LogP contribution in [0.25, 0.3) is 11.1 Å². The Morgan fingerprint density at radius 3 is 2.52 bits per heavy atom. The van der Waals surface area contributed by atoms with Gasteiger partial charge in [0.05, 0.1) is 10.6 Å². The lowest BCUT2D eigenvalue weighted by atomic mass is 10.0. The van der Waals surface area contributed by atoms with Gasteiger partial charge in [-0.05, 0) is 49.2 Å². The molecule has 2 aliphatic heterocycles. The molecular weight excluding hydrogens is 434 g/mol. The number of rotatable bonds is 5. The largest absolute Gasteiger partial charge is 0.336 e. The van der Waals surface area contributed by atoms with E-state index in [4.69, 9.17) is 0 Å². The molecule has 1 amide bonds. The molecule has 0 aliphatic carbocycles. The number of hydrogen-bond donors (Lipinski definition) is 1. The van der Waals surface area contributed by atoms with E-state index in [1.165, 1.54) is 18.6 Å². The van der Waals surface area contributed by atoms with E-state index in [-0.39, 0.29) is 10.8 Å². The van der Waals surface area contributed by atoms with Crippen molar-refractivity contribution in [3.8, 4) is 11.1 Å². The summed E-state index contributed by atoms with van der Waals surface area (Å²) in [6, 6.07) is 23.7. The molecule has 170 valence electrons. The van der Waals surface area contributed by atoms with Crippen LogP contribution in [0.15, 0.2) is 83.8 Å². The van der Waals surface area contributed by atoms with Crippen LogP contribution in [-0.4, -0.2) is 56.3 Å². The molecule has 5 rings (SSSR count). The first-order valence-electron chi connectivity index (χ1n) is 11.3. The number of fused-ring (bicyclic) bond motifs is 1. The fourth-order valence-corrected chi connectivity index (χ4v) is 5.92. The van der Waals surface area contributed by atoms with Gasteiger partial charge in [0.25, 0.3) is 15.9 Å². The Morgan fingerprint density at radius 2 is 1.67 bits per heavy atom. The summed E-state index contributed by atoms with van der Waals surface area (Å²) in [6.45, 7) is 3.37. The number of hydrogen-bond acceptors (Lipinski definition) is 4. The Morgan fingerprint density at radius 1 is 0.879 bits per heavy atom. The number of nitrogens with one attached hydrogen (secondary N) is 1. The molecule has 33 heavy (non-hydrogen) atoms. The minimum absolute atomic E-state index is 0.0794. The van der Waals surface area contributed by atoms with Gasteiger partial charge in [0.1, 0.15) is 0 Å². The topological polar surface area (TPSA) is 69.7 Å². The van der Waals surface area contributed by atoms with E-state index < -0.39 is 10.0 Å². The summed E-state index contributed by atoms with van der Waals surface area (Å²) in [4.78, 5) is 17.5. The number of carbonyl (C=O) groups excluding carboxylic acids is 1. The predicted octanol–water partition coefficient (Wildman–Crippen LogP) is 4.07. The second kappa shape index (κ2) is 9.00. The molecule has 6 nitrogen and oxygen atoms in total. The summed E-state index contributed by atoms with van der Waals surface area (Å²) < 4.78 is 29.2. The fraction of sp³-hybridized carbons (Fsp3) is 0.269. The molecule has 0 radical (unpaired) electrons. The van der Waals surface area contributed by atoms with Crippen molar-refractivity contribution in [2.75, 3.05) is 30.9 Å². The summed E-state index contributed by atoms with van der Waals surface area (Å²) in [5.41, 5.74) is 2.62. The van der Waals surface area contributed by atoms with Gasteiger partial charge < -0.3 is 4.90 Å². The zero-order chi connectivity index (χ0) is 22.8. The lowest BCUT2D eigenvalue weighted by Crippen LogP contribution is -2.52. The molecule has 3 aromatic carbocycles. The van der Waals surface area contributed by atoms with Gasteiger partial charge in [-0.2, -0.15) is 0 Å². The second-order valence-electron chi connectivity index (χ2n) is 8.63. The van der Waals surface area contributed by atoms with Gasteiger partial charge in [0.2, 0.25) is 0 Å². The molecule has 0 saturated carbocycles. The second-order valence-corrected chi connectivity index (χ2v) is 10.3. The van der Waals surface area contributed by atoms with Gasteiger partial charge in [-0.1, -0.05) is 54.6 Å². The number of anilines is 1. The van der Waals surface area contributed by atoms with Crippen molar-refractivity contribution in [2.45, 2.75) is 23.8 Å². The first-order chi connectivity index (χ1) is 16.0. The third-order valence-electron chi connectivity index (χ3n) is 6.52. The molecule has 1 N–H and O–H groups in total. The molecule has 1 atom stereocenters. The molecule has 2 heterocycles. The Bertz CT molecular complexity index is 1260. The number of carbonyl (C=O) groups is 1. The molecule has 2 aliphatic rings. The monoisotopic (exact) mass is 461 g/mol. The standard InChI is InChI=1S/C26H27N3O3S/c30-26(29-17-16-28-15-7-11-22(28)19-29)21-10-6-12-23(18-21)33(31,32)27-25-14-5-4-13-24(25)20-8-2-1-3-9-20/h1-6,8-10,12-14,18,22,27H,7,11,15-17,19H2/t22-/m0/s1. The van der Waals surface area contributed by atoms with E-state index >= 15 is 0 Å². The van der Waals surface area contributed by atoms with E-state index in [0.717, 1.165) is 30.6 Å². The van der Waals surface area contributed by atoms with Gasteiger partial charge >= 0.3 is 0 Å². The van der Waals surface area contributed by atoms with Crippen molar-refractivity contribution in [2.24, 2.45) is 0 Å². The fourth-order valence-electron chi connectivity index (χ4n) is 4.80. The summed E-state index contributed by atoms with van der Waals surface area (Å²) in [5, 5.41) is 0. The SMILES string of the molecule is O=C(c1cccc(S(=O)(=O)Nc2ccccc2-c2ccccc2)c1)N1CCN2CCC[C@H]2C1. The average Bonchev–Trinajstić information content (AvgIpc) is 3.32. The van der Waals surface area contributed by atoms with E-state index in [9.17, 15) is 13.2 Å². The highest BCUT2D eigenvalue weighted by Crippen LogP contribution is 2.30. The Balaban J connectivity index is 1.38. The van der Waals surface area contributed by atoms with E-state index in [1.54, 1.807) is 24.3 Å². The molecule has 7 heteroatoms.